The van der Waals surface area contributed by atoms with E-state index in [-0.39, 0.29) is 6.04 Å². The Kier molecular flexibility index (Phi) is 6.35. The Labute approximate surface area is 120 Å². The number of allylic oxidation sites excluding steroid dienone is 1. The molecule has 5 heteroatoms. The molecule has 0 aromatic heterocycles. The first-order chi connectivity index (χ1) is 9.57. The lowest BCUT2D eigenvalue weighted by Crippen LogP contribution is -2.28. The van der Waals surface area contributed by atoms with Gasteiger partial charge in [0.25, 0.3) is 0 Å². The summed E-state index contributed by atoms with van der Waals surface area (Å²) in [6, 6.07) is 3.65. The predicted molar refractivity (Wildman–Crippen MR) is 80.2 cm³/mol. The molecule has 1 aromatic rings. The first kappa shape index (κ1) is 16.3. The van der Waals surface area contributed by atoms with E-state index in [4.69, 9.17) is 20.1 Å². The molecule has 0 aliphatic carbocycles. The summed E-state index contributed by atoms with van der Waals surface area (Å²) < 4.78 is 16.0. The highest BCUT2D eigenvalue weighted by Gasteiger charge is 2.19. The third-order valence-corrected chi connectivity index (χ3v) is 3.17. The van der Waals surface area contributed by atoms with Gasteiger partial charge in [0.15, 0.2) is 11.5 Å². The Bertz CT molecular complexity index is 461. The van der Waals surface area contributed by atoms with E-state index in [1.54, 1.807) is 27.4 Å². The van der Waals surface area contributed by atoms with Crippen LogP contribution in [0.15, 0.2) is 24.3 Å². The molecule has 1 rings (SSSR count). The maximum atomic E-state index is 5.67. The largest absolute Gasteiger partial charge is 0.496 e. The minimum Gasteiger partial charge on any atom is -0.496 e. The maximum Gasteiger partial charge on any atom is 0.164 e. The second-order valence-corrected chi connectivity index (χ2v) is 4.66. The molecular weight excluding hydrogens is 256 g/mol. The second kappa shape index (κ2) is 7.77. The Morgan fingerprint density at radius 2 is 1.70 bits per heavy atom. The Morgan fingerprint density at radius 3 is 2.15 bits per heavy atom. The summed E-state index contributed by atoms with van der Waals surface area (Å²) in [6.07, 6.45) is 1.71. The molecule has 1 aromatic carbocycles. The molecule has 1 atom stereocenters. The zero-order valence-corrected chi connectivity index (χ0v) is 12.7. The highest BCUT2D eigenvalue weighted by Crippen LogP contribution is 2.38. The third kappa shape index (κ3) is 3.88. The molecule has 0 radical (unpaired) electrons. The van der Waals surface area contributed by atoms with Gasteiger partial charge in [0.1, 0.15) is 5.75 Å². The smallest absolute Gasteiger partial charge is 0.164 e. The molecule has 0 bridgehead atoms. The molecule has 20 heavy (non-hydrogen) atoms. The third-order valence-electron chi connectivity index (χ3n) is 3.17. The van der Waals surface area contributed by atoms with Gasteiger partial charge in [-0.2, -0.15) is 0 Å². The van der Waals surface area contributed by atoms with E-state index in [0.717, 1.165) is 24.0 Å². The van der Waals surface area contributed by atoms with Crippen molar-refractivity contribution in [3.05, 3.63) is 29.8 Å². The van der Waals surface area contributed by atoms with E-state index in [2.05, 4.69) is 12.0 Å². The molecule has 0 spiro atoms. The van der Waals surface area contributed by atoms with E-state index < -0.39 is 0 Å². The number of hydrazine groups is 1. The van der Waals surface area contributed by atoms with Gasteiger partial charge in [0, 0.05) is 11.6 Å². The van der Waals surface area contributed by atoms with E-state index in [0.29, 0.717) is 17.2 Å². The summed E-state index contributed by atoms with van der Waals surface area (Å²) in [7, 11) is 4.82. The summed E-state index contributed by atoms with van der Waals surface area (Å²) in [5, 5.41) is 0. The number of methoxy groups -OCH3 is 3. The minimum absolute atomic E-state index is 0.0403. The zero-order valence-electron chi connectivity index (χ0n) is 12.7. The van der Waals surface area contributed by atoms with Crippen LogP contribution in [0.1, 0.15) is 31.4 Å². The van der Waals surface area contributed by atoms with Gasteiger partial charge in [0.05, 0.1) is 27.4 Å². The molecule has 0 fully saturated rings. The lowest BCUT2D eigenvalue weighted by Gasteiger charge is -2.21. The zero-order chi connectivity index (χ0) is 15.1. The first-order valence-corrected chi connectivity index (χ1v) is 6.47. The molecule has 5 nitrogen and oxygen atoms in total. The first-order valence-electron chi connectivity index (χ1n) is 6.47. The van der Waals surface area contributed by atoms with Crippen molar-refractivity contribution in [2.24, 2.45) is 5.84 Å². The van der Waals surface area contributed by atoms with Crippen LogP contribution in [0.3, 0.4) is 0 Å². The van der Waals surface area contributed by atoms with Crippen LogP contribution in [0.2, 0.25) is 0 Å². The Hall–Kier alpha value is -1.72. The van der Waals surface area contributed by atoms with E-state index in [9.17, 15) is 0 Å². The minimum atomic E-state index is -0.0403. The molecule has 0 amide bonds. The summed E-state index contributed by atoms with van der Waals surface area (Å²) >= 11 is 0. The van der Waals surface area contributed by atoms with Gasteiger partial charge in [-0.15, -0.1) is 6.58 Å². The SMILES string of the molecule is C=C(C)CCC(NN)c1cc(OC)c(OC)cc1OC. The van der Waals surface area contributed by atoms with Crippen LogP contribution in [0.25, 0.3) is 0 Å². The molecule has 3 N–H and O–H groups in total. The van der Waals surface area contributed by atoms with E-state index >= 15 is 0 Å². The summed E-state index contributed by atoms with van der Waals surface area (Å²) in [6.45, 7) is 5.91. The van der Waals surface area contributed by atoms with Gasteiger partial charge in [-0.3, -0.25) is 11.3 Å². The lowest BCUT2D eigenvalue weighted by molar-refractivity contribution is 0.344. The topological polar surface area (TPSA) is 65.7 Å². The highest BCUT2D eigenvalue weighted by atomic mass is 16.5. The van der Waals surface area contributed by atoms with Crippen molar-refractivity contribution in [1.82, 2.24) is 5.43 Å². The lowest BCUT2D eigenvalue weighted by atomic mass is 9.99. The van der Waals surface area contributed by atoms with Crippen molar-refractivity contribution in [2.75, 3.05) is 21.3 Å². The van der Waals surface area contributed by atoms with Crippen LogP contribution in [-0.2, 0) is 0 Å². The Morgan fingerprint density at radius 1 is 1.15 bits per heavy atom. The van der Waals surface area contributed by atoms with Crippen molar-refractivity contribution in [3.63, 3.8) is 0 Å². The molecule has 0 saturated carbocycles. The van der Waals surface area contributed by atoms with Crippen LogP contribution in [0, 0.1) is 0 Å². The van der Waals surface area contributed by atoms with Crippen LogP contribution in [0.5, 0.6) is 17.2 Å². The normalized spacial score (nSPS) is 11.8. The molecule has 112 valence electrons. The average Bonchev–Trinajstić information content (AvgIpc) is 2.46. The highest BCUT2D eigenvalue weighted by molar-refractivity contribution is 5.51. The van der Waals surface area contributed by atoms with Crippen molar-refractivity contribution in [3.8, 4) is 17.2 Å². The van der Waals surface area contributed by atoms with Crippen molar-refractivity contribution >= 4 is 0 Å². The number of nitrogens with one attached hydrogen (secondary N) is 1. The Balaban J connectivity index is 3.15. The van der Waals surface area contributed by atoms with Gasteiger partial charge in [0.2, 0.25) is 0 Å². The molecule has 1 unspecified atom stereocenters. The van der Waals surface area contributed by atoms with Crippen LogP contribution in [0.4, 0.5) is 0 Å². The van der Waals surface area contributed by atoms with E-state index in [1.807, 2.05) is 13.0 Å². The standard InChI is InChI=1S/C15H24N2O3/c1-10(2)6-7-12(17-16)11-8-14(19-4)15(20-5)9-13(11)18-3/h8-9,12,17H,1,6-7,16H2,2-5H3. The quantitative estimate of drug-likeness (QED) is 0.435. The number of hydrogen-bond acceptors (Lipinski definition) is 5. The number of nitrogens with two attached hydrogens (primary N) is 1. The van der Waals surface area contributed by atoms with Crippen LogP contribution in [-0.4, -0.2) is 21.3 Å². The summed E-state index contributed by atoms with van der Waals surface area (Å²) in [4.78, 5) is 0. The predicted octanol–water partition coefficient (Wildman–Crippen LogP) is 2.57. The van der Waals surface area contributed by atoms with Gasteiger partial charge < -0.3 is 14.2 Å². The van der Waals surface area contributed by atoms with Crippen molar-refractivity contribution in [1.29, 1.82) is 0 Å². The number of ether oxygens (including phenoxy) is 3. The van der Waals surface area contributed by atoms with Crippen molar-refractivity contribution < 1.29 is 14.2 Å². The fourth-order valence-corrected chi connectivity index (χ4v) is 2.04. The van der Waals surface area contributed by atoms with Crippen molar-refractivity contribution in [2.45, 2.75) is 25.8 Å². The van der Waals surface area contributed by atoms with E-state index in [1.165, 1.54) is 0 Å². The van der Waals surface area contributed by atoms with Crippen LogP contribution >= 0.6 is 0 Å². The average molecular weight is 280 g/mol. The molecule has 0 aliphatic rings. The van der Waals surface area contributed by atoms with Gasteiger partial charge in [-0.1, -0.05) is 5.57 Å². The van der Waals surface area contributed by atoms with Gasteiger partial charge in [-0.25, -0.2) is 0 Å². The fraction of sp³-hybridized carbons (Fsp3) is 0.467. The summed E-state index contributed by atoms with van der Waals surface area (Å²) in [5.74, 6) is 7.66. The molecule has 0 aliphatic heterocycles. The molecule has 0 saturated heterocycles. The monoisotopic (exact) mass is 280 g/mol. The van der Waals surface area contributed by atoms with Gasteiger partial charge >= 0.3 is 0 Å². The fourth-order valence-electron chi connectivity index (χ4n) is 2.04. The van der Waals surface area contributed by atoms with Crippen LogP contribution < -0.4 is 25.5 Å². The number of hydrogen-bond donors (Lipinski definition) is 2. The molecular formula is C15H24N2O3. The van der Waals surface area contributed by atoms with Gasteiger partial charge in [-0.05, 0) is 25.8 Å². The maximum absolute atomic E-state index is 5.67. The summed E-state index contributed by atoms with van der Waals surface area (Å²) in [5.41, 5.74) is 4.87. The number of rotatable bonds is 8. The molecule has 0 heterocycles. The second-order valence-electron chi connectivity index (χ2n) is 4.66. The number of benzene rings is 1.